The van der Waals surface area contributed by atoms with Gasteiger partial charge in [-0.3, -0.25) is 14.5 Å². The van der Waals surface area contributed by atoms with Crippen molar-refractivity contribution in [3.8, 4) is 0 Å². The molecule has 2 aromatic heterocycles. The Bertz CT molecular complexity index is 1120. The fourth-order valence-corrected chi connectivity index (χ4v) is 5.27. The Balaban J connectivity index is 1.42. The van der Waals surface area contributed by atoms with Gasteiger partial charge in [-0.1, -0.05) is 31.2 Å². The number of nitrogens with zero attached hydrogens (tertiary/aromatic N) is 2. The molecule has 154 valence electrons. The predicted molar refractivity (Wildman–Crippen MR) is 120 cm³/mol. The van der Waals surface area contributed by atoms with Crippen LogP contribution in [-0.4, -0.2) is 46.2 Å². The highest BCUT2D eigenvalue weighted by Crippen LogP contribution is 2.35. The Morgan fingerprint density at radius 2 is 1.87 bits per heavy atom. The maximum Gasteiger partial charge on any atom is 0.277 e. The maximum absolute atomic E-state index is 13.4. The summed E-state index contributed by atoms with van der Waals surface area (Å²) >= 11 is 1.52. The number of imide groups is 1. The van der Waals surface area contributed by atoms with Gasteiger partial charge >= 0.3 is 0 Å². The van der Waals surface area contributed by atoms with E-state index in [9.17, 15) is 9.59 Å². The summed E-state index contributed by atoms with van der Waals surface area (Å²) in [7, 11) is 0. The molecule has 0 radical (unpaired) electrons. The lowest BCUT2D eigenvalue weighted by Crippen LogP contribution is -2.39. The van der Waals surface area contributed by atoms with E-state index in [1.165, 1.54) is 16.2 Å². The molecule has 0 saturated carbocycles. The van der Waals surface area contributed by atoms with Crippen molar-refractivity contribution >= 4 is 39.6 Å². The highest BCUT2D eigenvalue weighted by Gasteiger charge is 2.42. The number of benzene rings is 1. The number of carbonyl (C=O) groups is 2. The van der Waals surface area contributed by atoms with Crippen molar-refractivity contribution in [3.63, 3.8) is 0 Å². The largest absolute Gasteiger partial charge is 0.366 e. The van der Waals surface area contributed by atoms with E-state index in [0.717, 1.165) is 47.3 Å². The zero-order chi connectivity index (χ0) is 20.7. The molecule has 0 aliphatic carbocycles. The van der Waals surface area contributed by atoms with Crippen molar-refractivity contribution in [3.05, 3.63) is 64.1 Å². The van der Waals surface area contributed by atoms with Gasteiger partial charge in [-0.2, -0.15) is 0 Å². The molecule has 0 bridgehead atoms. The summed E-state index contributed by atoms with van der Waals surface area (Å²) in [4.78, 5) is 34.6. The molecule has 0 atom stereocenters. The number of hydrogen-bond acceptors (Lipinski definition) is 4. The molecule has 2 aliphatic heterocycles. The zero-order valence-electron chi connectivity index (χ0n) is 17.1. The van der Waals surface area contributed by atoms with Crippen molar-refractivity contribution in [1.29, 1.82) is 0 Å². The summed E-state index contributed by atoms with van der Waals surface area (Å²) in [6, 6.07) is 12.0. The van der Waals surface area contributed by atoms with Gasteiger partial charge in [0.25, 0.3) is 11.8 Å². The number of rotatable bonds is 5. The summed E-state index contributed by atoms with van der Waals surface area (Å²) in [5.74, 6) is 0.367. The number of para-hydroxylation sites is 1. The van der Waals surface area contributed by atoms with Gasteiger partial charge < -0.3 is 9.88 Å². The van der Waals surface area contributed by atoms with Gasteiger partial charge in [0.15, 0.2) is 0 Å². The standard InChI is InChI=1S/C24H25N3O2S/c1-16-8-11-26(12-9-16)22-21(20-7-4-14-30-20)23(28)27(24(22)29)13-10-17-15-25-19-6-3-2-5-18(17)19/h2-7,14-16,25H,8-13H2,1H3. The first-order valence-corrected chi connectivity index (χ1v) is 11.5. The number of fused-ring (bicyclic) bond motifs is 1. The first kappa shape index (κ1) is 19.1. The monoisotopic (exact) mass is 419 g/mol. The van der Waals surface area contributed by atoms with Crippen LogP contribution in [0.3, 0.4) is 0 Å². The SMILES string of the molecule is CC1CCN(C2=C(c3cccs3)C(=O)N(CCc3c[nH]c4ccccc34)C2=O)CC1. The van der Waals surface area contributed by atoms with Crippen LogP contribution in [-0.2, 0) is 16.0 Å². The Morgan fingerprint density at radius 1 is 1.07 bits per heavy atom. The number of piperidine rings is 1. The van der Waals surface area contributed by atoms with E-state index < -0.39 is 0 Å². The molecule has 1 N–H and O–H groups in total. The summed E-state index contributed by atoms with van der Waals surface area (Å²) in [5, 5.41) is 3.11. The summed E-state index contributed by atoms with van der Waals surface area (Å²) in [5.41, 5.74) is 3.40. The fourth-order valence-electron chi connectivity index (χ4n) is 4.51. The molecule has 5 nitrogen and oxygen atoms in total. The molecule has 2 amide bonds. The van der Waals surface area contributed by atoms with Crippen LogP contribution >= 0.6 is 11.3 Å². The minimum absolute atomic E-state index is 0.141. The van der Waals surface area contributed by atoms with Crippen LogP contribution in [0.5, 0.6) is 0 Å². The third kappa shape index (κ3) is 3.25. The molecule has 6 heteroatoms. The number of amides is 2. The number of H-pyrrole nitrogens is 1. The van der Waals surface area contributed by atoms with Crippen LogP contribution < -0.4 is 0 Å². The van der Waals surface area contributed by atoms with Gasteiger partial charge in [-0.05, 0) is 48.3 Å². The highest BCUT2D eigenvalue weighted by molar-refractivity contribution is 7.11. The van der Waals surface area contributed by atoms with Crippen LogP contribution in [0.1, 0.15) is 30.2 Å². The van der Waals surface area contributed by atoms with Gasteiger partial charge in [0.2, 0.25) is 0 Å². The predicted octanol–water partition coefficient (Wildman–Crippen LogP) is 4.28. The molecule has 5 rings (SSSR count). The van der Waals surface area contributed by atoms with Crippen LogP contribution in [0, 0.1) is 5.92 Å². The molecule has 3 aromatic rings. The summed E-state index contributed by atoms with van der Waals surface area (Å²) < 4.78 is 0. The zero-order valence-corrected chi connectivity index (χ0v) is 17.9. The Labute approximate surface area is 180 Å². The van der Waals surface area contributed by atoms with Crippen LogP contribution in [0.15, 0.2) is 53.7 Å². The Morgan fingerprint density at radius 3 is 2.63 bits per heavy atom. The molecule has 0 unspecified atom stereocenters. The highest BCUT2D eigenvalue weighted by atomic mass is 32.1. The number of thiophene rings is 1. The molecule has 4 heterocycles. The molecule has 1 saturated heterocycles. The van der Waals surface area contributed by atoms with E-state index >= 15 is 0 Å². The normalized spacial score (nSPS) is 18.3. The summed E-state index contributed by atoms with van der Waals surface area (Å²) in [6.07, 6.45) is 4.73. The van der Waals surface area contributed by atoms with Gasteiger partial charge in [0.05, 0.1) is 5.57 Å². The first-order valence-electron chi connectivity index (χ1n) is 10.6. The lowest BCUT2D eigenvalue weighted by atomic mass is 9.98. The number of hydrogen-bond donors (Lipinski definition) is 1. The van der Waals surface area contributed by atoms with Gasteiger partial charge in [0.1, 0.15) is 5.70 Å². The third-order valence-corrected chi connectivity index (χ3v) is 7.18. The second-order valence-electron chi connectivity index (χ2n) is 8.24. The molecule has 30 heavy (non-hydrogen) atoms. The van der Waals surface area contributed by atoms with Crippen molar-refractivity contribution in [2.45, 2.75) is 26.2 Å². The topological polar surface area (TPSA) is 56.4 Å². The van der Waals surface area contributed by atoms with Crippen LogP contribution in [0.2, 0.25) is 0 Å². The van der Waals surface area contributed by atoms with Crippen molar-refractivity contribution in [2.24, 2.45) is 5.92 Å². The smallest absolute Gasteiger partial charge is 0.277 e. The van der Waals surface area contributed by atoms with E-state index in [1.54, 1.807) is 0 Å². The van der Waals surface area contributed by atoms with Crippen LogP contribution in [0.4, 0.5) is 0 Å². The number of aromatic nitrogens is 1. The minimum atomic E-state index is -0.157. The van der Waals surface area contributed by atoms with E-state index in [0.29, 0.717) is 30.2 Å². The number of nitrogens with one attached hydrogen (secondary N) is 1. The van der Waals surface area contributed by atoms with Crippen molar-refractivity contribution in [1.82, 2.24) is 14.8 Å². The number of carbonyl (C=O) groups excluding carboxylic acids is 2. The number of likely N-dealkylation sites (tertiary alicyclic amines) is 1. The van der Waals surface area contributed by atoms with E-state index in [-0.39, 0.29) is 11.8 Å². The van der Waals surface area contributed by atoms with Crippen molar-refractivity contribution in [2.75, 3.05) is 19.6 Å². The second kappa shape index (κ2) is 7.76. The van der Waals surface area contributed by atoms with Gasteiger partial charge in [-0.25, -0.2) is 0 Å². The average Bonchev–Trinajstić information content (AvgIpc) is 3.47. The molecule has 1 aromatic carbocycles. The lowest BCUT2D eigenvalue weighted by molar-refractivity contribution is -0.137. The van der Waals surface area contributed by atoms with E-state index in [2.05, 4.69) is 22.9 Å². The van der Waals surface area contributed by atoms with Crippen molar-refractivity contribution < 1.29 is 9.59 Å². The molecule has 1 fully saturated rings. The average molecular weight is 420 g/mol. The molecular formula is C24H25N3O2S. The number of aromatic amines is 1. The van der Waals surface area contributed by atoms with Crippen LogP contribution in [0.25, 0.3) is 16.5 Å². The first-order chi connectivity index (χ1) is 14.6. The van der Waals surface area contributed by atoms with E-state index in [1.807, 2.05) is 41.9 Å². The lowest BCUT2D eigenvalue weighted by Gasteiger charge is -2.32. The Hall–Kier alpha value is -2.86. The second-order valence-corrected chi connectivity index (χ2v) is 9.19. The molecule has 2 aliphatic rings. The van der Waals surface area contributed by atoms with Gasteiger partial charge in [-0.15, -0.1) is 11.3 Å². The Kier molecular flexibility index (Phi) is 4.95. The fraction of sp³-hybridized carbons (Fsp3) is 0.333. The molecule has 0 spiro atoms. The maximum atomic E-state index is 13.4. The summed E-state index contributed by atoms with van der Waals surface area (Å²) in [6.45, 7) is 4.31. The minimum Gasteiger partial charge on any atom is -0.366 e. The quantitative estimate of drug-likeness (QED) is 0.628. The van der Waals surface area contributed by atoms with E-state index in [4.69, 9.17) is 0 Å². The van der Waals surface area contributed by atoms with Gasteiger partial charge in [0, 0.05) is 41.6 Å². The third-order valence-electron chi connectivity index (χ3n) is 6.29. The molecular weight excluding hydrogens is 394 g/mol.